The summed E-state index contributed by atoms with van der Waals surface area (Å²) in [6.45, 7) is 0. The van der Waals surface area contributed by atoms with E-state index >= 15 is 0 Å². The second-order valence-corrected chi connectivity index (χ2v) is 7.98. The van der Waals surface area contributed by atoms with Gasteiger partial charge in [0.15, 0.2) is 0 Å². The lowest BCUT2D eigenvalue weighted by Gasteiger charge is -2.16. The second-order valence-electron chi connectivity index (χ2n) is 4.84. The van der Waals surface area contributed by atoms with Gasteiger partial charge in [-0.3, -0.25) is 0 Å². The summed E-state index contributed by atoms with van der Waals surface area (Å²) >= 11 is 1.34. The maximum absolute atomic E-state index is 14.0. The Morgan fingerprint density at radius 3 is 2.52 bits per heavy atom. The normalized spacial score (nSPS) is 12.5. The number of halogens is 2. The van der Waals surface area contributed by atoms with E-state index < -0.39 is 21.5 Å². The molecule has 0 atom stereocenters. The van der Waals surface area contributed by atoms with Crippen LogP contribution in [0.25, 0.3) is 0 Å². The maximum atomic E-state index is 14.0. The quantitative estimate of drug-likeness (QED) is 0.530. The van der Waals surface area contributed by atoms with Gasteiger partial charge in [-0.05, 0) is 35.4 Å². The molecule has 126 valence electrons. The molecule has 0 N–H and O–H groups in total. The Balaban J connectivity index is 1.85. The van der Waals surface area contributed by atoms with Crippen LogP contribution in [-0.4, -0.2) is 39.6 Å². The van der Waals surface area contributed by atoms with Gasteiger partial charge in [0, 0.05) is 19.2 Å². The summed E-state index contributed by atoms with van der Waals surface area (Å²) in [4.78, 5) is -0.357. The van der Waals surface area contributed by atoms with Gasteiger partial charge < -0.3 is 0 Å². The van der Waals surface area contributed by atoms with E-state index in [0.717, 1.165) is 0 Å². The molecule has 0 saturated heterocycles. The lowest BCUT2D eigenvalue weighted by Crippen LogP contribution is -2.28. The van der Waals surface area contributed by atoms with E-state index in [2.05, 4.69) is 15.5 Å². The molecule has 0 spiro atoms. The number of alkyl halides is 2. The van der Waals surface area contributed by atoms with Crippen LogP contribution in [0, 0.1) is 0 Å². The third-order valence-corrected chi connectivity index (χ3v) is 6.10. The number of nitrogens with zero attached hydrogens (tertiary/aromatic N) is 4. The van der Waals surface area contributed by atoms with Crippen LogP contribution in [0.1, 0.15) is 19.3 Å². The van der Waals surface area contributed by atoms with Gasteiger partial charge in [0.05, 0.1) is 4.90 Å². The lowest BCUT2D eigenvalue weighted by atomic mass is 10.2. The lowest BCUT2D eigenvalue weighted by molar-refractivity contribution is 0.0795. The Morgan fingerprint density at radius 2 is 1.91 bits per heavy atom. The van der Waals surface area contributed by atoms with Crippen molar-refractivity contribution in [2.45, 2.75) is 34.6 Å². The fourth-order valence-corrected chi connectivity index (χ4v) is 3.97. The van der Waals surface area contributed by atoms with E-state index in [1.807, 2.05) is 0 Å². The number of aromatic nitrogens is 4. The fraction of sp³-hybridized carbons (Fsp3) is 0.462. The van der Waals surface area contributed by atoms with Crippen LogP contribution in [0.3, 0.4) is 0 Å². The van der Waals surface area contributed by atoms with Crippen molar-refractivity contribution in [2.24, 2.45) is 7.05 Å². The molecule has 0 aliphatic heterocycles. The van der Waals surface area contributed by atoms with Gasteiger partial charge in [0.2, 0.25) is 15.0 Å². The van der Waals surface area contributed by atoms with Crippen molar-refractivity contribution in [3.05, 3.63) is 30.3 Å². The average Bonchev–Trinajstić information content (AvgIpc) is 2.93. The van der Waals surface area contributed by atoms with Crippen molar-refractivity contribution in [1.82, 2.24) is 20.2 Å². The van der Waals surface area contributed by atoms with E-state index in [4.69, 9.17) is 0 Å². The Labute approximate surface area is 137 Å². The molecule has 0 radical (unpaired) electrons. The van der Waals surface area contributed by atoms with Crippen LogP contribution in [0.2, 0.25) is 0 Å². The first-order valence-electron chi connectivity index (χ1n) is 6.87. The van der Waals surface area contributed by atoms with Crippen molar-refractivity contribution in [1.29, 1.82) is 0 Å². The average molecular weight is 362 g/mol. The largest absolute Gasteiger partial charge is 0.350 e. The zero-order valence-electron chi connectivity index (χ0n) is 12.4. The van der Waals surface area contributed by atoms with Gasteiger partial charge in [0.1, 0.15) is 0 Å². The van der Waals surface area contributed by atoms with Crippen LogP contribution < -0.4 is 0 Å². The minimum absolute atomic E-state index is 0.0946. The number of rotatable bonds is 8. The van der Waals surface area contributed by atoms with E-state index in [0.29, 0.717) is 17.3 Å². The summed E-state index contributed by atoms with van der Waals surface area (Å²) in [6.07, 6.45) is -0.170. The van der Waals surface area contributed by atoms with E-state index in [1.165, 1.54) is 40.7 Å². The number of aryl methyl sites for hydroxylation is 1. The molecule has 0 bridgehead atoms. The van der Waals surface area contributed by atoms with Gasteiger partial charge in [-0.1, -0.05) is 30.0 Å². The Hall–Kier alpha value is -1.55. The number of hydrogen-bond donors (Lipinski definition) is 0. The monoisotopic (exact) mass is 362 g/mol. The Bertz CT molecular complexity index is 735. The predicted octanol–water partition coefficient (Wildman–Crippen LogP) is 2.54. The van der Waals surface area contributed by atoms with Gasteiger partial charge >= 0.3 is 5.25 Å². The molecular weight excluding hydrogens is 346 g/mol. The first-order valence-corrected chi connectivity index (χ1v) is 9.34. The molecule has 0 aliphatic carbocycles. The number of unbranched alkanes of at least 4 members (excludes halogenated alkanes) is 1. The highest BCUT2D eigenvalue weighted by Gasteiger charge is 2.45. The van der Waals surface area contributed by atoms with E-state index in [-0.39, 0.29) is 11.3 Å². The van der Waals surface area contributed by atoms with Gasteiger partial charge in [-0.2, -0.15) is 8.78 Å². The van der Waals surface area contributed by atoms with Gasteiger partial charge in [0.25, 0.3) is 0 Å². The Kier molecular flexibility index (Phi) is 5.69. The van der Waals surface area contributed by atoms with Crippen LogP contribution in [0.15, 0.2) is 40.4 Å². The number of sulfone groups is 1. The molecule has 0 fully saturated rings. The zero-order chi connectivity index (χ0) is 16.9. The molecule has 1 heterocycles. The maximum Gasteiger partial charge on any atom is 0.350 e. The number of tetrazole rings is 1. The van der Waals surface area contributed by atoms with Gasteiger partial charge in [-0.15, -0.1) is 5.10 Å². The first-order chi connectivity index (χ1) is 10.8. The predicted molar refractivity (Wildman–Crippen MR) is 81.9 cm³/mol. The molecule has 6 nitrogen and oxygen atoms in total. The van der Waals surface area contributed by atoms with Crippen molar-refractivity contribution in [3.8, 4) is 0 Å². The highest BCUT2D eigenvalue weighted by atomic mass is 32.2. The fourth-order valence-electron chi connectivity index (χ4n) is 1.85. The Morgan fingerprint density at radius 1 is 1.22 bits per heavy atom. The molecule has 1 aromatic heterocycles. The molecule has 2 aromatic rings. The van der Waals surface area contributed by atoms with Crippen LogP contribution in [0.5, 0.6) is 0 Å². The molecule has 0 amide bonds. The smallest absolute Gasteiger partial charge is 0.224 e. The van der Waals surface area contributed by atoms with Crippen molar-refractivity contribution >= 4 is 21.6 Å². The summed E-state index contributed by atoms with van der Waals surface area (Å²) in [6, 6.07) is 6.79. The summed E-state index contributed by atoms with van der Waals surface area (Å²) < 4.78 is 53.5. The van der Waals surface area contributed by atoms with E-state index in [1.54, 1.807) is 13.1 Å². The topological polar surface area (TPSA) is 77.7 Å². The van der Waals surface area contributed by atoms with Crippen LogP contribution in [0.4, 0.5) is 8.78 Å². The van der Waals surface area contributed by atoms with E-state index in [9.17, 15) is 17.2 Å². The molecule has 10 heteroatoms. The van der Waals surface area contributed by atoms with Crippen LogP contribution in [-0.2, 0) is 16.9 Å². The summed E-state index contributed by atoms with van der Waals surface area (Å²) in [5.41, 5.74) is 0. The zero-order valence-corrected chi connectivity index (χ0v) is 14.0. The molecule has 23 heavy (non-hydrogen) atoms. The first kappa shape index (κ1) is 17.8. The molecule has 0 saturated carbocycles. The van der Waals surface area contributed by atoms with Crippen molar-refractivity contribution in [3.63, 3.8) is 0 Å². The minimum atomic E-state index is -4.65. The summed E-state index contributed by atoms with van der Waals surface area (Å²) in [5, 5.41) is 7.71. The minimum Gasteiger partial charge on any atom is -0.224 e. The highest BCUT2D eigenvalue weighted by Crippen LogP contribution is 2.33. The SMILES string of the molecule is Cn1nnnc1SCCCCC(F)(F)S(=O)(=O)c1ccccc1. The standard InChI is InChI=1S/C13H16F2N4O2S2/c1-19-12(16-17-18-19)22-10-6-5-9-13(14,15)23(20,21)11-7-3-2-4-8-11/h2-4,7-8H,5-6,9-10H2,1H3. The molecule has 0 aliphatic rings. The summed E-state index contributed by atoms with van der Waals surface area (Å²) in [5.74, 6) is 0.537. The molecule has 1 aromatic carbocycles. The number of thioether (sulfide) groups is 1. The molecule has 2 rings (SSSR count). The van der Waals surface area contributed by atoms with Crippen molar-refractivity contribution in [2.75, 3.05) is 5.75 Å². The van der Waals surface area contributed by atoms with Crippen LogP contribution >= 0.6 is 11.8 Å². The molecule has 0 unspecified atom stereocenters. The summed E-state index contributed by atoms with van der Waals surface area (Å²) in [7, 11) is -2.97. The third kappa shape index (κ3) is 4.25. The number of benzene rings is 1. The molecular formula is C13H16F2N4O2S2. The van der Waals surface area contributed by atoms with Crippen molar-refractivity contribution < 1.29 is 17.2 Å². The third-order valence-electron chi connectivity index (χ3n) is 3.12. The van der Waals surface area contributed by atoms with Gasteiger partial charge in [-0.25, -0.2) is 13.1 Å². The highest BCUT2D eigenvalue weighted by molar-refractivity contribution is 7.99. The number of hydrogen-bond acceptors (Lipinski definition) is 6. The second kappa shape index (κ2) is 7.35.